The van der Waals surface area contributed by atoms with Gasteiger partial charge in [0, 0.05) is 59.6 Å². The molecule has 4 aromatic carbocycles. The zero-order valence-corrected chi connectivity index (χ0v) is 47.2. The van der Waals surface area contributed by atoms with Crippen LogP contribution in [0.25, 0.3) is 0 Å². The largest absolute Gasteiger partial charge is 0.495 e. The summed E-state index contributed by atoms with van der Waals surface area (Å²) in [5.74, 6) is -2.63. The number of hydrogen-bond donors (Lipinski definition) is 6. The van der Waals surface area contributed by atoms with E-state index in [1.165, 1.54) is 55.6 Å². The van der Waals surface area contributed by atoms with E-state index in [1.807, 2.05) is 79.7 Å². The Kier molecular flexibility index (Phi) is 20.0. The van der Waals surface area contributed by atoms with E-state index < -0.39 is 63.4 Å². The first kappa shape index (κ1) is 60.4. The molecule has 1 aliphatic heterocycles. The number of amides is 3. The predicted octanol–water partition coefficient (Wildman–Crippen LogP) is 10.0. The van der Waals surface area contributed by atoms with Crippen LogP contribution < -0.4 is 46.9 Å². The molecule has 1 aromatic heterocycles. The molecular formula is C58H71Cl2F2N9O7. The fourth-order valence-electron chi connectivity index (χ4n) is 9.68. The van der Waals surface area contributed by atoms with Crippen molar-refractivity contribution < 1.29 is 42.1 Å². The Labute approximate surface area is 465 Å². The smallest absolute Gasteiger partial charge is 0.251 e. The average Bonchev–Trinajstić information content (AvgIpc) is 3.70. The third-order valence-electron chi connectivity index (χ3n) is 13.5. The standard InChI is InChI=1S/C58H71Cl2F2N9O7/c1-10-41-50(51(64)70-54(65)68-41)77-27-14-26-76-43-18-12-11-15-34(43)20-24-46(72)71-56(5,6)25-28-78-57(7,8)33-66-52(73)35-19-23-42(44(29-35)75-9)67-53(74)49-47(37-16-13-17-39(60)48(37)62)58(32-63,45(69-49)31-55(2,3)4)38-22-21-36(59)30-40(38)61/h11-13,15-19,21-23,29-30,45,47,49,69H,10,14,20,24-28,31,33H2,1-9H3,(H,66,73)(H,67,74)(H,71,72)(H4,64,65,68,70)/t45-,47-,49?,58-/m0/s1. The summed E-state index contributed by atoms with van der Waals surface area (Å²) in [6.07, 6.45) is 2.62. The van der Waals surface area contributed by atoms with Crippen LogP contribution in [0, 0.1) is 28.4 Å². The number of halogens is 4. The van der Waals surface area contributed by atoms with Gasteiger partial charge in [-0.15, -0.1) is 0 Å². The van der Waals surface area contributed by atoms with Gasteiger partial charge in [-0.25, -0.2) is 13.8 Å². The molecule has 78 heavy (non-hydrogen) atoms. The third-order valence-corrected chi connectivity index (χ3v) is 14.1. The molecule has 1 unspecified atom stereocenters. The maximum absolute atomic E-state index is 16.2. The number of para-hydroxylation sites is 1. The van der Waals surface area contributed by atoms with Crippen LogP contribution in [0.3, 0.4) is 0 Å². The molecule has 5 aromatic rings. The Morgan fingerprint density at radius 2 is 1.63 bits per heavy atom. The van der Waals surface area contributed by atoms with Crippen molar-refractivity contribution in [2.24, 2.45) is 5.41 Å². The monoisotopic (exact) mass is 1110 g/mol. The van der Waals surface area contributed by atoms with Gasteiger partial charge in [0.05, 0.1) is 54.4 Å². The highest BCUT2D eigenvalue weighted by Gasteiger charge is 2.61. The number of nitrogens with zero attached hydrogens (tertiary/aromatic N) is 3. The van der Waals surface area contributed by atoms with E-state index in [4.69, 9.17) is 53.6 Å². The van der Waals surface area contributed by atoms with Crippen LogP contribution >= 0.6 is 23.2 Å². The second-order valence-corrected chi connectivity index (χ2v) is 22.7. The minimum Gasteiger partial charge on any atom is -0.495 e. The molecule has 8 N–H and O–H groups in total. The number of carbonyl (C=O) groups excluding carboxylic acids is 3. The molecule has 0 spiro atoms. The maximum atomic E-state index is 16.2. The van der Waals surface area contributed by atoms with E-state index in [1.54, 1.807) is 0 Å². The van der Waals surface area contributed by atoms with Crippen molar-refractivity contribution in [2.75, 3.05) is 50.3 Å². The number of aromatic nitrogens is 2. The molecule has 4 atom stereocenters. The lowest BCUT2D eigenvalue weighted by Crippen LogP contribution is -2.46. The summed E-state index contributed by atoms with van der Waals surface area (Å²) in [4.78, 5) is 49.6. The number of carbonyl (C=O) groups is 3. The van der Waals surface area contributed by atoms with Crippen molar-refractivity contribution in [3.05, 3.63) is 128 Å². The van der Waals surface area contributed by atoms with Crippen molar-refractivity contribution in [3.63, 3.8) is 0 Å². The number of rotatable bonds is 24. The van der Waals surface area contributed by atoms with Crippen LogP contribution in [0.4, 0.5) is 26.2 Å². The van der Waals surface area contributed by atoms with Crippen LogP contribution in [-0.4, -0.2) is 84.4 Å². The van der Waals surface area contributed by atoms with Crippen molar-refractivity contribution in [2.45, 2.75) is 128 Å². The van der Waals surface area contributed by atoms with Gasteiger partial charge in [0.15, 0.2) is 11.6 Å². The van der Waals surface area contributed by atoms with Crippen LogP contribution in [0.5, 0.6) is 17.2 Å². The quantitative estimate of drug-likeness (QED) is 0.0316. The number of methoxy groups -OCH3 is 1. The Hall–Kier alpha value is -6.78. The second-order valence-electron chi connectivity index (χ2n) is 21.8. The molecule has 1 aliphatic rings. The van der Waals surface area contributed by atoms with Gasteiger partial charge in [-0.1, -0.05) is 87.3 Å². The molecule has 0 saturated carbocycles. The molecular weight excluding hydrogens is 1040 g/mol. The normalized spacial score (nSPS) is 17.5. The van der Waals surface area contributed by atoms with Crippen molar-refractivity contribution in [1.29, 1.82) is 5.26 Å². The molecule has 2 heterocycles. The second kappa shape index (κ2) is 25.8. The van der Waals surface area contributed by atoms with Gasteiger partial charge in [-0.05, 0) is 112 Å². The van der Waals surface area contributed by atoms with Crippen molar-refractivity contribution in [3.8, 4) is 23.3 Å². The van der Waals surface area contributed by atoms with Crippen LogP contribution in [-0.2, 0) is 32.6 Å². The number of nitrogens with two attached hydrogens (primary N) is 2. The van der Waals surface area contributed by atoms with Gasteiger partial charge in [-0.3, -0.25) is 14.4 Å². The van der Waals surface area contributed by atoms with E-state index in [-0.39, 0.29) is 81.8 Å². The summed E-state index contributed by atoms with van der Waals surface area (Å²) >= 11 is 12.5. The predicted molar refractivity (Wildman–Crippen MR) is 299 cm³/mol. The van der Waals surface area contributed by atoms with Crippen LogP contribution in [0.2, 0.25) is 10.0 Å². The topological polar surface area (TPSA) is 238 Å². The molecule has 6 rings (SSSR count). The molecule has 16 nitrogen and oxygen atoms in total. The summed E-state index contributed by atoms with van der Waals surface area (Å²) in [6.45, 7) is 16.4. The highest BCUT2D eigenvalue weighted by molar-refractivity contribution is 6.31. The molecule has 0 radical (unpaired) electrons. The Balaban J connectivity index is 1.02. The lowest BCUT2D eigenvalue weighted by Gasteiger charge is -2.37. The first-order chi connectivity index (χ1) is 36.8. The van der Waals surface area contributed by atoms with Gasteiger partial charge < -0.3 is 51.7 Å². The lowest BCUT2D eigenvalue weighted by atomic mass is 9.62. The molecule has 1 fully saturated rings. The SMILES string of the molecule is CCc1nc(N)nc(N)c1OCCCOc1ccccc1CCC(=O)NC(C)(C)CCOC(C)(C)CNC(=O)c1ccc(NC(=O)C2N[C@@H](CC(C)(C)C)[C@](C#N)(c3ccc(Cl)cc3F)[C@H]2c2cccc(Cl)c2F)c(OC)c1. The summed E-state index contributed by atoms with van der Waals surface area (Å²) in [6, 6.07) is 20.5. The third kappa shape index (κ3) is 15.1. The minimum absolute atomic E-state index is 0.0527. The molecule has 0 bridgehead atoms. The van der Waals surface area contributed by atoms with Crippen LogP contribution in [0.1, 0.15) is 120 Å². The number of aryl methyl sites for hydroxylation is 2. The number of nitrogen functional groups attached to an aromatic ring is 2. The summed E-state index contributed by atoms with van der Waals surface area (Å²) in [5.41, 5.74) is 9.85. The van der Waals surface area contributed by atoms with E-state index in [0.717, 1.165) is 11.6 Å². The molecule has 20 heteroatoms. The first-order valence-electron chi connectivity index (χ1n) is 25.9. The lowest BCUT2D eigenvalue weighted by molar-refractivity contribution is -0.123. The van der Waals surface area contributed by atoms with Gasteiger partial charge >= 0.3 is 0 Å². The number of ether oxygens (including phenoxy) is 4. The van der Waals surface area contributed by atoms with Crippen molar-refractivity contribution in [1.82, 2.24) is 25.9 Å². The zero-order valence-electron chi connectivity index (χ0n) is 45.7. The molecule has 0 aliphatic carbocycles. The Bertz CT molecular complexity index is 3000. The van der Waals surface area contributed by atoms with E-state index in [9.17, 15) is 19.6 Å². The Morgan fingerprint density at radius 1 is 0.897 bits per heavy atom. The number of hydrogen-bond acceptors (Lipinski definition) is 13. The van der Waals surface area contributed by atoms with E-state index in [2.05, 4.69) is 37.3 Å². The first-order valence-corrected chi connectivity index (χ1v) is 26.6. The Morgan fingerprint density at radius 3 is 2.32 bits per heavy atom. The molecule has 418 valence electrons. The average molecular weight is 1120 g/mol. The van der Waals surface area contributed by atoms with Gasteiger partial charge in [-0.2, -0.15) is 10.2 Å². The van der Waals surface area contributed by atoms with E-state index >= 15 is 8.78 Å². The fraction of sp³-hybridized carbons (Fsp3) is 0.448. The van der Waals surface area contributed by atoms with Crippen molar-refractivity contribution >= 4 is 58.4 Å². The number of anilines is 3. The fourth-order valence-corrected chi connectivity index (χ4v) is 10.0. The number of benzene rings is 4. The highest BCUT2D eigenvalue weighted by Crippen LogP contribution is 2.53. The summed E-state index contributed by atoms with van der Waals surface area (Å²) in [5, 5.41) is 23.3. The highest BCUT2D eigenvalue weighted by atomic mass is 35.5. The zero-order chi connectivity index (χ0) is 57.2. The van der Waals surface area contributed by atoms with Gasteiger partial charge in [0.2, 0.25) is 17.8 Å². The number of nitriles is 1. The molecule has 1 saturated heterocycles. The van der Waals surface area contributed by atoms with Gasteiger partial charge in [0.25, 0.3) is 5.91 Å². The van der Waals surface area contributed by atoms with E-state index in [0.29, 0.717) is 56.1 Å². The molecule has 3 amide bonds. The summed E-state index contributed by atoms with van der Waals surface area (Å²) < 4.78 is 56.2. The minimum atomic E-state index is -1.83. The maximum Gasteiger partial charge on any atom is 0.251 e. The number of nitrogens with one attached hydrogen (secondary N) is 4. The van der Waals surface area contributed by atoms with Gasteiger partial charge in [0.1, 0.15) is 28.5 Å². The van der Waals surface area contributed by atoms with Crippen LogP contribution in [0.15, 0.2) is 78.9 Å². The summed E-state index contributed by atoms with van der Waals surface area (Å²) in [7, 11) is 1.38.